The number of carbonyl (C=O) groups is 1. The van der Waals surface area contributed by atoms with Gasteiger partial charge in [-0.2, -0.15) is 10.2 Å². The Balaban J connectivity index is 1.61. The van der Waals surface area contributed by atoms with E-state index < -0.39 is 0 Å². The van der Waals surface area contributed by atoms with Crippen molar-refractivity contribution >= 4 is 16.9 Å². The van der Waals surface area contributed by atoms with Crippen LogP contribution in [0.15, 0.2) is 48.8 Å². The second-order valence-corrected chi connectivity index (χ2v) is 7.01. The van der Waals surface area contributed by atoms with Crippen LogP contribution in [-0.4, -0.2) is 42.4 Å². The Morgan fingerprint density at radius 2 is 1.93 bits per heavy atom. The summed E-state index contributed by atoms with van der Waals surface area (Å²) in [7, 11) is 3.65. The van der Waals surface area contributed by atoms with Crippen molar-refractivity contribution in [3.63, 3.8) is 0 Å². The van der Waals surface area contributed by atoms with Gasteiger partial charge in [-0.3, -0.25) is 9.48 Å². The van der Waals surface area contributed by atoms with Crippen LogP contribution in [0.25, 0.3) is 16.7 Å². The van der Waals surface area contributed by atoms with E-state index in [1.54, 1.807) is 22.8 Å². The molecule has 3 heterocycles. The molecule has 0 radical (unpaired) electrons. The van der Waals surface area contributed by atoms with Crippen molar-refractivity contribution in [2.24, 2.45) is 7.05 Å². The predicted molar refractivity (Wildman–Crippen MR) is 107 cm³/mol. The van der Waals surface area contributed by atoms with Crippen molar-refractivity contribution in [2.45, 2.75) is 20.4 Å². The summed E-state index contributed by atoms with van der Waals surface area (Å²) in [5, 5.41) is 9.64. The minimum atomic E-state index is -0.0564. The highest BCUT2D eigenvalue weighted by atomic mass is 16.2. The fourth-order valence-electron chi connectivity index (χ4n) is 3.45. The van der Waals surface area contributed by atoms with Gasteiger partial charge >= 0.3 is 0 Å². The number of nitrogens with zero attached hydrogens (tertiary/aromatic N) is 6. The fraction of sp³-hybridized carbons (Fsp3) is 0.238. The van der Waals surface area contributed by atoms with Crippen molar-refractivity contribution in [1.82, 2.24) is 29.4 Å². The number of para-hydroxylation sites is 1. The van der Waals surface area contributed by atoms with Gasteiger partial charge in [0.2, 0.25) is 0 Å². The summed E-state index contributed by atoms with van der Waals surface area (Å²) in [5.41, 5.74) is 4.91. The number of fused-ring (bicyclic) bond motifs is 1. The number of aromatic nitrogens is 5. The van der Waals surface area contributed by atoms with Crippen LogP contribution in [0.1, 0.15) is 27.3 Å². The van der Waals surface area contributed by atoms with Crippen molar-refractivity contribution in [3.05, 3.63) is 71.3 Å². The topological polar surface area (TPSA) is 68.8 Å². The van der Waals surface area contributed by atoms with Gasteiger partial charge in [-0.15, -0.1) is 0 Å². The first kappa shape index (κ1) is 17.9. The van der Waals surface area contributed by atoms with Crippen molar-refractivity contribution in [3.8, 4) is 5.69 Å². The maximum Gasteiger partial charge on any atom is 0.254 e. The number of hydrogen-bond donors (Lipinski definition) is 0. The lowest BCUT2D eigenvalue weighted by Crippen LogP contribution is -2.26. The van der Waals surface area contributed by atoms with Gasteiger partial charge in [0, 0.05) is 38.1 Å². The van der Waals surface area contributed by atoms with Crippen LogP contribution in [-0.2, 0) is 13.6 Å². The number of rotatable bonds is 4. The normalized spacial score (nSPS) is 11.1. The Labute approximate surface area is 163 Å². The molecule has 0 atom stereocenters. The lowest BCUT2D eigenvalue weighted by atomic mass is 10.1. The number of amides is 1. The number of aryl methyl sites for hydroxylation is 3. The summed E-state index contributed by atoms with van der Waals surface area (Å²) in [6.45, 7) is 4.26. The van der Waals surface area contributed by atoms with Gasteiger partial charge in [-0.05, 0) is 32.0 Å². The Morgan fingerprint density at radius 3 is 2.68 bits per heavy atom. The maximum atomic E-state index is 13.2. The molecule has 1 aromatic carbocycles. The van der Waals surface area contributed by atoms with E-state index in [1.165, 1.54) is 0 Å². The molecule has 0 spiro atoms. The molecule has 4 rings (SSSR count). The second kappa shape index (κ2) is 6.92. The van der Waals surface area contributed by atoms with Crippen LogP contribution >= 0.6 is 0 Å². The van der Waals surface area contributed by atoms with Crippen LogP contribution < -0.4 is 0 Å². The lowest BCUT2D eigenvalue weighted by molar-refractivity contribution is 0.0787. The number of carbonyl (C=O) groups excluding carboxylic acids is 1. The fourth-order valence-corrected chi connectivity index (χ4v) is 3.45. The average Bonchev–Trinajstić information content (AvgIpc) is 3.26. The van der Waals surface area contributed by atoms with Gasteiger partial charge < -0.3 is 4.90 Å². The van der Waals surface area contributed by atoms with Crippen molar-refractivity contribution in [1.29, 1.82) is 0 Å². The Bertz CT molecular complexity index is 1160. The largest absolute Gasteiger partial charge is 0.337 e. The van der Waals surface area contributed by atoms with Crippen LogP contribution in [0, 0.1) is 13.8 Å². The second-order valence-electron chi connectivity index (χ2n) is 7.01. The van der Waals surface area contributed by atoms with Crippen molar-refractivity contribution < 1.29 is 4.79 Å². The van der Waals surface area contributed by atoms with E-state index in [0.717, 1.165) is 33.7 Å². The number of benzene rings is 1. The standard InChI is InChI=1S/C21H22N6O/c1-14-10-18(19-15(2)24-26(4)20(19)23-14)21(28)25(3)12-16-11-22-27(13-16)17-8-6-5-7-9-17/h5-11,13H,12H2,1-4H3. The lowest BCUT2D eigenvalue weighted by Gasteiger charge is -2.17. The molecule has 0 bridgehead atoms. The van der Waals surface area contributed by atoms with Gasteiger partial charge in [0.25, 0.3) is 5.91 Å². The zero-order chi connectivity index (χ0) is 19.8. The first-order valence-corrected chi connectivity index (χ1v) is 9.09. The molecule has 0 unspecified atom stereocenters. The Hall–Kier alpha value is -3.48. The van der Waals surface area contributed by atoms with Gasteiger partial charge in [-0.1, -0.05) is 18.2 Å². The summed E-state index contributed by atoms with van der Waals surface area (Å²) >= 11 is 0. The molecule has 0 aliphatic carbocycles. The molecule has 0 aliphatic heterocycles. The molecule has 0 aliphatic rings. The minimum absolute atomic E-state index is 0.0564. The molecular formula is C21H22N6O. The highest BCUT2D eigenvalue weighted by Crippen LogP contribution is 2.23. The van der Waals surface area contributed by atoms with Gasteiger partial charge in [-0.25, -0.2) is 9.67 Å². The average molecular weight is 374 g/mol. The summed E-state index contributed by atoms with van der Waals surface area (Å²) in [6, 6.07) is 11.7. The molecule has 3 aromatic heterocycles. The SMILES string of the molecule is Cc1cc(C(=O)N(C)Cc2cnn(-c3ccccc3)c2)c2c(C)nn(C)c2n1. The van der Waals surface area contributed by atoms with Crippen LogP contribution in [0.2, 0.25) is 0 Å². The molecule has 0 saturated carbocycles. The third-order valence-corrected chi connectivity index (χ3v) is 4.75. The predicted octanol–water partition coefficient (Wildman–Crippen LogP) is 3.04. The van der Waals surface area contributed by atoms with Crippen LogP contribution in [0.3, 0.4) is 0 Å². The summed E-state index contributed by atoms with van der Waals surface area (Å²) in [5.74, 6) is -0.0564. The smallest absolute Gasteiger partial charge is 0.254 e. The zero-order valence-corrected chi connectivity index (χ0v) is 16.4. The quantitative estimate of drug-likeness (QED) is 0.551. The molecule has 7 heteroatoms. The first-order valence-electron chi connectivity index (χ1n) is 9.09. The molecule has 4 aromatic rings. The van der Waals surface area contributed by atoms with E-state index >= 15 is 0 Å². The van der Waals surface area contributed by atoms with Crippen LogP contribution in [0.5, 0.6) is 0 Å². The molecule has 0 saturated heterocycles. The minimum Gasteiger partial charge on any atom is -0.337 e. The first-order chi connectivity index (χ1) is 13.4. The van der Waals surface area contributed by atoms with Gasteiger partial charge in [0.1, 0.15) is 0 Å². The Kier molecular flexibility index (Phi) is 4.43. The molecular weight excluding hydrogens is 352 g/mol. The van der Waals surface area contributed by atoms with E-state index in [1.807, 2.05) is 68.2 Å². The van der Waals surface area contributed by atoms with E-state index in [4.69, 9.17) is 0 Å². The van der Waals surface area contributed by atoms with Gasteiger partial charge in [0.15, 0.2) is 5.65 Å². The molecule has 28 heavy (non-hydrogen) atoms. The molecule has 7 nitrogen and oxygen atoms in total. The van der Waals surface area contributed by atoms with E-state index in [-0.39, 0.29) is 5.91 Å². The third-order valence-electron chi connectivity index (χ3n) is 4.75. The highest BCUT2D eigenvalue weighted by Gasteiger charge is 2.21. The number of pyridine rings is 1. The van der Waals surface area contributed by atoms with Crippen molar-refractivity contribution in [2.75, 3.05) is 7.05 Å². The van der Waals surface area contributed by atoms with E-state index in [0.29, 0.717) is 12.1 Å². The number of hydrogen-bond acceptors (Lipinski definition) is 4. The third kappa shape index (κ3) is 3.15. The van der Waals surface area contributed by atoms with Crippen LogP contribution in [0.4, 0.5) is 0 Å². The maximum absolute atomic E-state index is 13.2. The van der Waals surface area contributed by atoms with E-state index in [9.17, 15) is 4.79 Å². The molecule has 0 N–H and O–H groups in total. The highest BCUT2D eigenvalue weighted by molar-refractivity contribution is 6.06. The monoisotopic (exact) mass is 374 g/mol. The summed E-state index contributed by atoms with van der Waals surface area (Å²) in [4.78, 5) is 19.4. The van der Waals surface area contributed by atoms with Gasteiger partial charge in [0.05, 0.1) is 28.5 Å². The Morgan fingerprint density at radius 1 is 1.18 bits per heavy atom. The summed E-state index contributed by atoms with van der Waals surface area (Å²) < 4.78 is 3.53. The molecule has 1 amide bonds. The zero-order valence-electron chi connectivity index (χ0n) is 16.4. The summed E-state index contributed by atoms with van der Waals surface area (Å²) in [6.07, 6.45) is 3.74. The molecule has 142 valence electrons. The van der Waals surface area contributed by atoms with E-state index in [2.05, 4.69) is 15.2 Å². The molecule has 0 fully saturated rings.